The molecule has 0 aliphatic rings. The van der Waals surface area contributed by atoms with E-state index in [1.54, 1.807) is 10.6 Å². The smallest absolute Gasteiger partial charge is 0.423 e. The molecule has 2 aromatic rings. The van der Waals surface area contributed by atoms with Gasteiger partial charge in [-0.3, -0.25) is 4.57 Å². The number of imidazole rings is 1. The van der Waals surface area contributed by atoms with Crippen molar-refractivity contribution in [2.24, 2.45) is 0 Å². The van der Waals surface area contributed by atoms with E-state index in [1.807, 2.05) is 32.0 Å². The molecule has 0 fully saturated rings. The Kier molecular flexibility index (Phi) is 6.02. The lowest BCUT2D eigenvalue weighted by molar-refractivity contribution is 0.0898. The van der Waals surface area contributed by atoms with Gasteiger partial charge < -0.3 is 4.74 Å². The van der Waals surface area contributed by atoms with Crippen molar-refractivity contribution >= 4 is 17.1 Å². The normalized spacial score (nSPS) is 12.5. The second-order valence-electron chi connectivity index (χ2n) is 5.76. The Balaban J connectivity index is 2.27. The van der Waals surface area contributed by atoms with Crippen molar-refractivity contribution < 1.29 is 9.53 Å². The largest absolute Gasteiger partial charge is 0.446 e. The number of hydrogen-bond acceptors (Lipinski definition) is 3. The second kappa shape index (κ2) is 7.99. The average molecular weight is 318 g/mol. The van der Waals surface area contributed by atoms with Crippen LogP contribution in [0.1, 0.15) is 52.9 Å². The van der Waals surface area contributed by atoms with Gasteiger partial charge in [-0.2, -0.15) is 4.57 Å². The number of aryl methyl sites for hydroxylation is 1. The fourth-order valence-corrected chi connectivity index (χ4v) is 2.85. The van der Waals surface area contributed by atoms with Crippen molar-refractivity contribution in [1.82, 2.24) is 9.13 Å². The molecule has 1 atom stereocenters. The molecule has 0 radical (unpaired) electrons. The van der Waals surface area contributed by atoms with E-state index in [-0.39, 0.29) is 11.8 Å². The second-order valence-corrected chi connectivity index (χ2v) is 5.76. The summed E-state index contributed by atoms with van der Waals surface area (Å²) in [6, 6.07) is 7.32. The highest BCUT2D eigenvalue weighted by molar-refractivity contribution is 5.86. The molecule has 1 unspecified atom stereocenters. The summed E-state index contributed by atoms with van der Waals surface area (Å²) in [5.41, 5.74) is 1.03. The average Bonchev–Trinajstić information content (AvgIpc) is 2.85. The molecule has 0 aliphatic carbocycles. The first kappa shape index (κ1) is 17.3. The van der Waals surface area contributed by atoms with E-state index in [4.69, 9.17) is 4.74 Å². The first-order valence-corrected chi connectivity index (χ1v) is 8.55. The first-order chi connectivity index (χ1) is 11.1. The van der Waals surface area contributed by atoms with Crippen molar-refractivity contribution in [3.05, 3.63) is 34.7 Å². The van der Waals surface area contributed by atoms with Gasteiger partial charge in [0.1, 0.15) is 6.10 Å². The minimum absolute atomic E-state index is 0.135. The van der Waals surface area contributed by atoms with Crippen LogP contribution in [0.3, 0.4) is 0 Å². The molecular weight excluding hydrogens is 292 g/mol. The Hall–Kier alpha value is -2.04. The molecule has 126 valence electrons. The summed E-state index contributed by atoms with van der Waals surface area (Å²) in [5, 5.41) is 0. The fourth-order valence-electron chi connectivity index (χ4n) is 2.85. The molecule has 0 amide bonds. The maximum atomic E-state index is 12.5. The van der Waals surface area contributed by atoms with E-state index < -0.39 is 6.09 Å². The standard InChI is InChI=1S/C18H26N2O3/c1-4-7-8-11-14(5-2)23-18(22)20-16-13-10-9-12-15(16)19(6-3)17(20)21/h9-10,12-14H,4-8,11H2,1-3H3. The van der Waals surface area contributed by atoms with Gasteiger partial charge >= 0.3 is 11.8 Å². The summed E-state index contributed by atoms with van der Waals surface area (Å²) in [4.78, 5) is 25.1. The third-order valence-corrected chi connectivity index (χ3v) is 4.19. The molecule has 5 heteroatoms. The number of fused-ring (bicyclic) bond motifs is 1. The van der Waals surface area contributed by atoms with Gasteiger partial charge in [0, 0.05) is 6.54 Å². The van der Waals surface area contributed by atoms with Gasteiger partial charge in [-0.25, -0.2) is 9.59 Å². The minimum atomic E-state index is -0.568. The monoisotopic (exact) mass is 318 g/mol. The van der Waals surface area contributed by atoms with Gasteiger partial charge in [-0.05, 0) is 38.3 Å². The van der Waals surface area contributed by atoms with Crippen molar-refractivity contribution in [2.45, 2.75) is 65.5 Å². The lowest BCUT2D eigenvalue weighted by atomic mass is 10.1. The summed E-state index contributed by atoms with van der Waals surface area (Å²) in [6.07, 6.45) is 4.20. The number of carbonyl (C=O) groups excluding carboxylic acids is 1. The van der Waals surface area contributed by atoms with Crippen molar-refractivity contribution in [2.75, 3.05) is 0 Å². The summed E-state index contributed by atoms with van der Waals surface area (Å²) < 4.78 is 8.34. The number of carbonyl (C=O) groups is 1. The van der Waals surface area contributed by atoms with Crippen LogP contribution in [-0.2, 0) is 11.3 Å². The topological polar surface area (TPSA) is 53.2 Å². The van der Waals surface area contributed by atoms with E-state index in [0.717, 1.165) is 42.2 Å². The third kappa shape index (κ3) is 3.66. The number of unbranched alkanes of at least 4 members (excludes halogenated alkanes) is 2. The molecule has 2 rings (SSSR count). The number of rotatable bonds is 7. The van der Waals surface area contributed by atoms with Crippen LogP contribution >= 0.6 is 0 Å². The molecule has 5 nitrogen and oxygen atoms in total. The van der Waals surface area contributed by atoms with Crippen molar-refractivity contribution in [3.8, 4) is 0 Å². The van der Waals surface area contributed by atoms with E-state index >= 15 is 0 Å². The third-order valence-electron chi connectivity index (χ3n) is 4.19. The highest BCUT2D eigenvalue weighted by atomic mass is 16.6. The number of ether oxygens (including phenoxy) is 1. The van der Waals surface area contributed by atoms with Crippen LogP contribution in [0.25, 0.3) is 11.0 Å². The van der Waals surface area contributed by atoms with E-state index in [9.17, 15) is 9.59 Å². The quantitative estimate of drug-likeness (QED) is 0.720. The zero-order valence-corrected chi connectivity index (χ0v) is 14.2. The Labute approximate surface area is 136 Å². The Bertz CT molecular complexity index is 715. The van der Waals surface area contributed by atoms with Crippen LogP contribution in [0, 0.1) is 0 Å². The number of aromatic nitrogens is 2. The highest BCUT2D eigenvalue weighted by Crippen LogP contribution is 2.15. The zero-order chi connectivity index (χ0) is 16.8. The SMILES string of the molecule is CCCCCC(CC)OC(=O)n1c(=O)n(CC)c2ccccc21. The molecule has 0 bridgehead atoms. The summed E-state index contributed by atoms with van der Waals surface area (Å²) in [6.45, 7) is 6.56. The van der Waals surface area contributed by atoms with Gasteiger partial charge in [0.05, 0.1) is 11.0 Å². The van der Waals surface area contributed by atoms with E-state index in [1.165, 1.54) is 0 Å². The van der Waals surface area contributed by atoms with Crippen LogP contribution in [0.15, 0.2) is 29.1 Å². The van der Waals surface area contributed by atoms with Crippen LogP contribution in [0.5, 0.6) is 0 Å². The molecule has 1 aromatic heterocycles. The Morgan fingerprint density at radius 2 is 1.83 bits per heavy atom. The zero-order valence-electron chi connectivity index (χ0n) is 14.2. The Morgan fingerprint density at radius 3 is 2.43 bits per heavy atom. The number of nitrogens with zero attached hydrogens (tertiary/aromatic N) is 2. The molecule has 0 spiro atoms. The van der Waals surface area contributed by atoms with Crippen LogP contribution in [-0.4, -0.2) is 21.3 Å². The van der Waals surface area contributed by atoms with E-state index in [2.05, 4.69) is 6.92 Å². The number of benzene rings is 1. The van der Waals surface area contributed by atoms with Gasteiger partial charge in [-0.1, -0.05) is 38.8 Å². The molecule has 1 heterocycles. The minimum Gasteiger partial charge on any atom is -0.446 e. The lowest BCUT2D eigenvalue weighted by Crippen LogP contribution is -2.32. The maximum Gasteiger partial charge on any atom is 0.423 e. The number of para-hydroxylation sites is 2. The first-order valence-electron chi connectivity index (χ1n) is 8.55. The molecule has 0 N–H and O–H groups in total. The van der Waals surface area contributed by atoms with Gasteiger partial charge in [0.25, 0.3) is 0 Å². The van der Waals surface area contributed by atoms with Gasteiger partial charge in [-0.15, -0.1) is 0 Å². The van der Waals surface area contributed by atoms with Crippen LogP contribution in [0.4, 0.5) is 4.79 Å². The predicted molar refractivity (Wildman–Crippen MR) is 92.0 cm³/mol. The fraction of sp³-hybridized carbons (Fsp3) is 0.556. The predicted octanol–water partition coefficient (Wildman–Crippen LogP) is 4.17. The molecule has 0 saturated carbocycles. The van der Waals surface area contributed by atoms with E-state index in [0.29, 0.717) is 12.1 Å². The highest BCUT2D eigenvalue weighted by Gasteiger charge is 2.21. The van der Waals surface area contributed by atoms with Gasteiger partial charge in [0.2, 0.25) is 0 Å². The van der Waals surface area contributed by atoms with Crippen molar-refractivity contribution in [1.29, 1.82) is 0 Å². The Morgan fingerprint density at radius 1 is 1.13 bits per heavy atom. The molecule has 23 heavy (non-hydrogen) atoms. The molecule has 0 saturated heterocycles. The van der Waals surface area contributed by atoms with Crippen molar-refractivity contribution in [3.63, 3.8) is 0 Å². The lowest BCUT2D eigenvalue weighted by Gasteiger charge is -2.16. The maximum absolute atomic E-state index is 12.5. The van der Waals surface area contributed by atoms with Crippen LogP contribution in [0.2, 0.25) is 0 Å². The number of hydrogen-bond donors (Lipinski definition) is 0. The van der Waals surface area contributed by atoms with Gasteiger partial charge in [0.15, 0.2) is 0 Å². The summed E-state index contributed by atoms with van der Waals surface area (Å²) in [5.74, 6) is 0. The molecule has 0 aliphatic heterocycles. The molecule has 1 aromatic carbocycles. The summed E-state index contributed by atoms with van der Waals surface area (Å²) >= 11 is 0. The van der Waals surface area contributed by atoms with Crippen LogP contribution < -0.4 is 5.69 Å². The molecular formula is C18H26N2O3. The summed E-state index contributed by atoms with van der Waals surface area (Å²) in [7, 11) is 0.